The summed E-state index contributed by atoms with van der Waals surface area (Å²) in [5.74, 6) is -7.13. The van der Waals surface area contributed by atoms with Crippen LogP contribution in [0.15, 0.2) is 0 Å². The highest BCUT2D eigenvalue weighted by Crippen LogP contribution is 2.48. The largest absolute Gasteiger partial charge is 0.454 e. The summed E-state index contributed by atoms with van der Waals surface area (Å²) < 4.78 is 53.2. The van der Waals surface area contributed by atoms with Gasteiger partial charge in [0.05, 0.1) is 0 Å². The van der Waals surface area contributed by atoms with Crippen LogP contribution in [-0.4, -0.2) is 54.4 Å². The van der Waals surface area contributed by atoms with E-state index in [1.54, 1.807) is 0 Å². The summed E-state index contributed by atoms with van der Waals surface area (Å²) in [4.78, 5) is 23.2. The number of ether oxygens (including phenoxy) is 5. The number of carbonyl (C=O) groups is 2. The Morgan fingerprint density at radius 1 is 1.17 bits per heavy atom. The minimum absolute atomic E-state index is 0.399. The second kappa shape index (κ2) is 5.34. The molecule has 0 amide bonds. The summed E-state index contributed by atoms with van der Waals surface area (Å²) in [6.07, 6.45) is -0.241. The van der Waals surface area contributed by atoms with Gasteiger partial charge in [-0.3, -0.25) is 0 Å². The van der Waals surface area contributed by atoms with Crippen LogP contribution in [0, 0.1) is 0 Å². The molecule has 0 bridgehead atoms. The molecule has 4 fully saturated rings. The summed E-state index contributed by atoms with van der Waals surface area (Å²) in [5, 5.41) is 0. The molecule has 134 valence electrons. The first kappa shape index (κ1) is 16.2. The van der Waals surface area contributed by atoms with E-state index in [2.05, 4.69) is 4.74 Å². The highest BCUT2D eigenvalue weighted by atomic mass is 19.3. The van der Waals surface area contributed by atoms with Gasteiger partial charge in [-0.15, -0.1) is 0 Å². The summed E-state index contributed by atoms with van der Waals surface area (Å²) in [6, 6.07) is 0. The molecular weight excluding hydrogens is 330 g/mol. The van der Waals surface area contributed by atoms with Crippen molar-refractivity contribution >= 4 is 11.9 Å². The van der Waals surface area contributed by atoms with Gasteiger partial charge in [0.15, 0.2) is 24.3 Å². The molecule has 3 saturated heterocycles. The normalized spacial score (nSPS) is 40.3. The first-order valence-corrected chi connectivity index (χ1v) is 8.10. The summed E-state index contributed by atoms with van der Waals surface area (Å²) in [7, 11) is 0. The van der Waals surface area contributed by atoms with Gasteiger partial charge in [-0.1, -0.05) is 6.42 Å². The molecule has 0 aromatic rings. The first-order valence-electron chi connectivity index (χ1n) is 8.10. The van der Waals surface area contributed by atoms with Crippen LogP contribution >= 0.6 is 0 Å². The number of hydrogen-bond acceptors (Lipinski definition) is 7. The van der Waals surface area contributed by atoms with E-state index in [0.29, 0.717) is 6.92 Å². The highest BCUT2D eigenvalue weighted by molar-refractivity contribution is 5.84. The number of esters is 2. The zero-order valence-corrected chi connectivity index (χ0v) is 13.0. The SMILES string of the molecule is CC(F)(F)C(=O)OC1C(=O)OC2C3OC4(CCCCC4)OC3OC12. The zero-order chi connectivity index (χ0) is 17.1. The number of halogens is 2. The van der Waals surface area contributed by atoms with Gasteiger partial charge in [-0.25, -0.2) is 9.59 Å². The lowest BCUT2D eigenvalue weighted by atomic mass is 9.94. The van der Waals surface area contributed by atoms with E-state index in [0.717, 1.165) is 32.1 Å². The van der Waals surface area contributed by atoms with Gasteiger partial charge in [-0.05, 0) is 12.8 Å². The second-order valence-corrected chi connectivity index (χ2v) is 6.76. The second-order valence-electron chi connectivity index (χ2n) is 6.76. The van der Waals surface area contributed by atoms with Crippen molar-refractivity contribution in [3.05, 3.63) is 0 Å². The molecule has 1 spiro atoms. The fourth-order valence-corrected chi connectivity index (χ4v) is 3.73. The van der Waals surface area contributed by atoms with Gasteiger partial charge < -0.3 is 23.7 Å². The molecule has 7 nitrogen and oxygen atoms in total. The topological polar surface area (TPSA) is 80.3 Å². The molecule has 1 aliphatic carbocycles. The average Bonchev–Trinajstić information content (AvgIpc) is 3.09. The van der Waals surface area contributed by atoms with E-state index in [1.807, 2.05) is 0 Å². The third-order valence-corrected chi connectivity index (χ3v) is 4.88. The van der Waals surface area contributed by atoms with Crippen LogP contribution in [0.1, 0.15) is 39.0 Å². The van der Waals surface area contributed by atoms with Crippen molar-refractivity contribution in [2.75, 3.05) is 0 Å². The van der Waals surface area contributed by atoms with E-state index in [4.69, 9.17) is 18.9 Å². The van der Waals surface area contributed by atoms with E-state index < -0.39 is 54.4 Å². The van der Waals surface area contributed by atoms with Crippen molar-refractivity contribution in [2.45, 2.75) is 81.4 Å². The van der Waals surface area contributed by atoms with Crippen LogP contribution < -0.4 is 0 Å². The van der Waals surface area contributed by atoms with E-state index in [9.17, 15) is 18.4 Å². The monoisotopic (exact) mass is 348 g/mol. The minimum Gasteiger partial charge on any atom is -0.454 e. The van der Waals surface area contributed by atoms with Crippen LogP contribution in [0.3, 0.4) is 0 Å². The van der Waals surface area contributed by atoms with Crippen molar-refractivity contribution in [2.24, 2.45) is 0 Å². The lowest BCUT2D eigenvalue weighted by Crippen LogP contribution is -2.42. The van der Waals surface area contributed by atoms with Crippen LogP contribution in [0.2, 0.25) is 0 Å². The van der Waals surface area contributed by atoms with Crippen LogP contribution in [-0.2, 0) is 33.3 Å². The molecule has 0 aromatic heterocycles. The van der Waals surface area contributed by atoms with Crippen molar-refractivity contribution in [3.63, 3.8) is 0 Å². The Hall–Kier alpha value is -1.32. The van der Waals surface area contributed by atoms with Gasteiger partial charge in [-0.2, -0.15) is 8.78 Å². The fraction of sp³-hybridized carbons (Fsp3) is 0.867. The molecule has 4 aliphatic rings. The number of alkyl halides is 2. The van der Waals surface area contributed by atoms with Gasteiger partial charge in [0.2, 0.25) is 6.10 Å². The molecule has 24 heavy (non-hydrogen) atoms. The Balaban J connectivity index is 1.46. The van der Waals surface area contributed by atoms with Gasteiger partial charge in [0.1, 0.15) is 6.10 Å². The number of rotatable bonds is 2. The maximum absolute atomic E-state index is 13.0. The number of fused-ring (bicyclic) bond motifs is 3. The molecule has 5 unspecified atom stereocenters. The van der Waals surface area contributed by atoms with Crippen molar-refractivity contribution in [1.29, 1.82) is 0 Å². The first-order chi connectivity index (χ1) is 11.3. The van der Waals surface area contributed by atoms with Crippen LogP contribution in [0.4, 0.5) is 8.78 Å². The average molecular weight is 348 g/mol. The molecule has 4 rings (SSSR count). The molecule has 5 atom stereocenters. The Bertz CT molecular complexity index is 555. The quantitative estimate of drug-likeness (QED) is 0.696. The molecule has 9 heteroatoms. The van der Waals surface area contributed by atoms with Crippen molar-refractivity contribution in [3.8, 4) is 0 Å². The Morgan fingerprint density at radius 2 is 1.88 bits per heavy atom. The maximum Gasteiger partial charge on any atom is 0.377 e. The van der Waals surface area contributed by atoms with Gasteiger partial charge in [0.25, 0.3) is 0 Å². The van der Waals surface area contributed by atoms with Gasteiger partial charge >= 0.3 is 17.9 Å². The van der Waals surface area contributed by atoms with E-state index in [-0.39, 0.29) is 0 Å². The predicted molar refractivity (Wildman–Crippen MR) is 70.8 cm³/mol. The van der Waals surface area contributed by atoms with Gasteiger partial charge in [0, 0.05) is 19.8 Å². The molecule has 3 heterocycles. The predicted octanol–water partition coefficient (Wildman–Crippen LogP) is 1.28. The third kappa shape index (κ3) is 2.49. The smallest absolute Gasteiger partial charge is 0.377 e. The van der Waals surface area contributed by atoms with E-state index >= 15 is 0 Å². The third-order valence-electron chi connectivity index (χ3n) is 4.88. The zero-order valence-electron chi connectivity index (χ0n) is 13.0. The number of hydrogen-bond donors (Lipinski definition) is 0. The molecule has 0 radical (unpaired) electrons. The molecule has 1 saturated carbocycles. The Labute approximate surface area is 136 Å². The Kier molecular flexibility index (Phi) is 3.59. The fourth-order valence-electron chi connectivity index (χ4n) is 3.73. The highest BCUT2D eigenvalue weighted by Gasteiger charge is 2.66. The van der Waals surface area contributed by atoms with Crippen LogP contribution in [0.25, 0.3) is 0 Å². The van der Waals surface area contributed by atoms with Crippen LogP contribution in [0.5, 0.6) is 0 Å². The lowest BCUT2D eigenvalue weighted by molar-refractivity contribution is -0.246. The summed E-state index contributed by atoms with van der Waals surface area (Å²) in [5.41, 5.74) is 0. The molecule has 0 aromatic carbocycles. The van der Waals surface area contributed by atoms with E-state index in [1.165, 1.54) is 0 Å². The summed E-state index contributed by atoms with van der Waals surface area (Å²) in [6.45, 7) is 0.399. The molecular formula is C15H18F2O7. The van der Waals surface area contributed by atoms with Crippen molar-refractivity contribution < 1.29 is 42.1 Å². The minimum atomic E-state index is -3.70. The Morgan fingerprint density at radius 3 is 2.54 bits per heavy atom. The maximum atomic E-state index is 13.0. The standard InChI is InChI=1S/C15H18F2O7/c1-14(16,17)13(19)22-9-7-8(20-11(9)18)10-12(21-7)24-15(23-10)5-3-2-4-6-15/h7-10,12H,2-6H2,1H3. The summed E-state index contributed by atoms with van der Waals surface area (Å²) >= 11 is 0. The van der Waals surface area contributed by atoms with Crippen molar-refractivity contribution in [1.82, 2.24) is 0 Å². The number of carbonyl (C=O) groups excluding carboxylic acids is 2. The molecule has 3 aliphatic heterocycles. The lowest BCUT2D eigenvalue weighted by Gasteiger charge is -2.33. The molecule has 0 N–H and O–H groups in total.